The van der Waals surface area contributed by atoms with Crippen LogP contribution in [0.1, 0.15) is 21.6 Å². The summed E-state index contributed by atoms with van der Waals surface area (Å²) in [5.74, 6) is -0.255. The maximum atomic E-state index is 12.0. The summed E-state index contributed by atoms with van der Waals surface area (Å²) in [6, 6.07) is 9.05. The molecule has 0 unspecified atom stereocenters. The van der Waals surface area contributed by atoms with Crippen LogP contribution in [-0.2, 0) is 0 Å². The molecule has 0 aliphatic carbocycles. The van der Waals surface area contributed by atoms with E-state index in [1.165, 1.54) is 6.20 Å². The van der Waals surface area contributed by atoms with Gasteiger partial charge in [-0.3, -0.25) is 9.78 Å². The molecule has 0 fully saturated rings. The highest BCUT2D eigenvalue weighted by molar-refractivity contribution is 6.03. The smallest absolute Gasteiger partial charge is 0.274 e. The van der Waals surface area contributed by atoms with Crippen molar-refractivity contribution < 1.29 is 4.79 Å². The molecule has 3 N–H and O–H groups in total. The number of anilines is 2. The highest BCUT2D eigenvalue weighted by Gasteiger charge is 2.09. The molecule has 1 heterocycles. The van der Waals surface area contributed by atoms with Crippen molar-refractivity contribution >= 4 is 17.3 Å². The van der Waals surface area contributed by atoms with Crippen LogP contribution in [0.15, 0.2) is 36.5 Å². The fourth-order valence-corrected chi connectivity index (χ4v) is 1.71. The normalized spacial score (nSPS) is 10.1. The molecular formula is C14H15N3O. The van der Waals surface area contributed by atoms with Crippen LogP contribution in [0.4, 0.5) is 11.4 Å². The van der Waals surface area contributed by atoms with Crippen molar-refractivity contribution in [2.24, 2.45) is 0 Å². The van der Waals surface area contributed by atoms with E-state index in [0.29, 0.717) is 11.4 Å². The third kappa shape index (κ3) is 2.66. The quantitative estimate of drug-likeness (QED) is 0.849. The monoisotopic (exact) mass is 241 g/mol. The second kappa shape index (κ2) is 4.87. The topological polar surface area (TPSA) is 68.0 Å². The molecule has 0 radical (unpaired) electrons. The number of nitrogens with one attached hydrogen (secondary N) is 1. The summed E-state index contributed by atoms with van der Waals surface area (Å²) in [6.45, 7) is 3.97. The van der Waals surface area contributed by atoms with Crippen molar-refractivity contribution in [1.29, 1.82) is 0 Å². The van der Waals surface area contributed by atoms with Gasteiger partial charge in [0.25, 0.3) is 5.91 Å². The maximum absolute atomic E-state index is 12.0. The lowest BCUT2D eigenvalue weighted by atomic mass is 10.1. The van der Waals surface area contributed by atoms with E-state index in [1.807, 2.05) is 32.0 Å². The van der Waals surface area contributed by atoms with Gasteiger partial charge in [0.15, 0.2) is 0 Å². The molecule has 0 bridgehead atoms. The average molecular weight is 241 g/mol. The molecule has 2 rings (SSSR count). The highest BCUT2D eigenvalue weighted by Crippen LogP contribution is 2.17. The molecule has 18 heavy (non-hydrogen) atoms. The van der Waals surface area contributed by atoms with Gasteiger partial charge in [-0.05, 0) is 37.6 Å². The van der Waals surface area contributed by atoms with E-state index in [-0.39, 0.29) is 5.91 Å². The SMILES string of the molecule is Cc1ccc(NC(=O)c2cc(N)ccn2)c(C)c1. The van der Waals surface area contributed by atoms with Gasteiger partial charge in [-0.1, -0.05) is 17.7 Å². The first kappa shape index (κ1) is 12.1. The van der Waals surface area contributed by atoms with Crippen LogP contribution in [0.2, 0.25) is 0 Å². The predicted octanol–water partition coefficient (Wildman–Crippen LogP) is 2.53. The van der Waals surface area contributed by atoms with Gasteiger partial charge >= 0.3 is 0 Å². The van der Waals surface area contributed by atoms with Crippen LogP contribution in [0, 0.1) is 13.8 Å². The first-order valence-corrected chi connectivity index (χ1v) is 5.66. The van der Waals surface area contributed by atoms with Gasteiger partial charge in [0.05, 0.1) is 0 Å². The lowest BCUT2D eigenvalue weighted by molar-refractivity contribution is 0.102. The Balaban J connectivity index is 2.21. The maximum Gasteiger partial charge on any atom is 0.274 e. The molecule has 0 saturated carbocycles. The number of pyridine rings is 1. The number of aromatic nitrogens is 1. The number of amides is 1. The Morgan fingerprint density at radius 2 is 2.00 bits per heavy atom. The van der Waals surface area contributed by atoms with Crippen LogP contribution < -0.4 is 11.1 Å². The van der Waals surface area contributed by atoms with Crippen molar-refractivity contribution in [2.45, 2.75) is 13.8 Å². The van der Waals surface area contributed by atoms with Gasteiger partial charge in [0, 0.05) is 17.6 Å². The third-order valence-electron chi connectivity index (χ3n) is 2.65. The molecule has 4 nitrogen and oxygen atoms in total. The number of hydrogen-bond acceptors (Lipinski definition) is 3. The molecule has 1 aromatic carbocycles. The Labute approximate surface area is 106 Å². The molecule has 2 aromatic rings. The zero-order chi connectivity index (χ0) is 13.1. The molecule has 0 saturated heterocycles. The third-order valence-corrected chi connectivity index (χ3v) is 2.65. The van der Waals surface area contributed by atoms with Crippen molar-refractivity contribution in [3.8, 4) is 0 Å². The van der Waals surface area contributed by atoms with E-state index in [2.05, 4.69) is 10.3 Å². The minimum Gasteiger partial charge on any atom is -0.399 e. The molecule has 0 aliphatic heterocycles. The summed E-state index contributed by atoms with van der Waals surface area (Å²) in [7, 11) is 0. The number of hydrogen-bond donors (Lipinski definition) is 2. The largest absolute Gasteiger partial charge is 0.399 e. The first-order chi connectivity index (χ1) is 8.56. The van der Waals surface area contributed by atoms with Crippen molar-refractivity contribution in [1.82, 2.24) is 4.98 Å². The standard InChI is InChI=1S/C14H15N3O/c1-9-3-4-12(10(2)7-9)17-14(18)13-8-11(15)5-6-16-13/h3-8H,1-2H3,(H2,15,16)(H,17,18). The number of nitrogens with two attached hydrogens (primary N) is 1. The fourth-order valence-electron chi connectivity index (χ4n) is 1.71. The summed E-state index contributed by atoms with van der Waals surface area (Å²) in [4.78, 5) is 16.0. The van der Waals surface area contributed by atoms with Crippen molar-refractivity contribution in [3.05, 3.63) is 53.3 Å². The summed E-state index contributed by atoms with van der Waals surface area (Å²) < 4.78 is 0. The number of carbonyl (C=O) groups is 1. The average Bonchev–Trinajstić information content (AvgIpc) is 2.32. The Morgan fingerprint density at radius 1 is 1.22 bits per heavy atom. The van der Waals surface area contributed by atoms with Gasteiger partial charge in [-0.25, -0.2) is 0 Å². The van der Waals surface area contributed by atoms with Crippen LogP contribution in [-0.4, -0.2) is 10.9 Å². The van der Waals surface area contributed by atoms with E-state index < -0.39 is 0 Å². The Morgan fingerprint density at radius 3 is 2.67 bits per heavy atom. The Kier molecular flexibility index (Phi) is 3.28. The minimum absolute atomic E-state index is 0.255. The van der Waals surface area contributed by atoms with Gasteiger partial charge in [0.2, 0.25) is 0 Å². The Bertz CT molecular complexity index is 593. The van der Waals surface area contributed by atoms with Crippen LogP contribution in [0.3, 0.4) is 0 Å². The first-order valence-electron chi connectivity index (χ1n) is 5.66. The molecule has 1 aromatic heterocycles. The number of carbonyl (C=O) groups excluding carboxylic acids is 1. The van der Waals surface area contributed by atoms with Crippen LogP contribution in [0.5, 0.6) is 0 Å². The number of benzene rings is 1. The number of nitrogen functional groups attached to an aromatic ring is 1. The Hall–Kier alpha value is -2.36. The van der Waals surface area contributed by atoms with E-state index in [1.54, 1.807) is 12.1 Å². The summed E-state index contributed by atoms with van der Waals surface area (Å²) >= 11 is 0. The molecule has 4 heteroatoms. The van der Waals surface area contributed by atoms with Crippen molar-refractivity contribution in [3.63, 3.8) is 0 Å². The summed E-state index contributed by atoms with van der Waals surface area (Å²) in [5.41, 5.74) is 9.43. The molecule has 0 spiro atoms. The highest BCUT2D eigenvalue weighted by atomic mass is 16.1. The van der Waals surface area contributed by atoms with E-state index >= 15 is 0 Å². The zero-order valence-corrected chi connectivity index (χ0v) is 10.4. The van der Waals surface area contributed by atoms with Gasteiger partial charge in [-0.2, -0.15) is 0 Å². The zero-order valence-electron chi connectivity index (χ0n) is 10.4. The predicted molar refractivity (Wildman–Crippen MR) is 72.5 cm³/mol. The molecule has 0 atom stereocenters. The number of rotatable bonds is 2. The van der Waals surface area contributed by atoms with E-state index in [9.17, 15) is 4.79 Å². The second-order valence-electron chi connectivity index (χ2n) is 4.25. The number of nitrogens with zero attached hydrogens (tertiary/aromatic N) is 1. The molecular weight excluding hydrogens is 226 g/mol. The second-order valence-corrected chi connectivity index (χ2v) is 4.25. The van der Waals surface area contributed by atoms with Crippen molar-refractivity contribution in [2.75, 3.05) is 11.1 Å². The lowest BCUT2D eigenvalue weighted by Gasteiger charge is -2.08. The lowest BCUT2D eigenvalue weighted by Crippen LogP contribution is -2.14. The minimum atomic E-state index is -0.255. The van der Waals surface area contributed by atoms with Gasteiger partial charge in [-0.15, -0.1) is 0 Å². The van der Waals surface area contributed by atoms with E-state index in [4.69, 9.17) is 5.73 Å². The van der Waals surface area contributed by atoms with Crippen LogP contribution in [0.25, 0.3) is 0 Å². The number of aryl methyl sites for hydroxylation is 2. The fraction of sp³-hybridized carbons (Fsp3) is 0.143. The van der Waals surface area contributed by atoms with Gasteiger partial charge in [0.1, 0.15) is 5.69 Å². The molecule has 0 aliphatic rings. The van der Waals surface area contributed by atoms with Crippen LogP contribution >= 0.6 is 0 Å². The summed E-state index contributed by atoms with van der Waals surface area (Å²) in [5, 5.41) is 2.82. The van der Waals surface area contributed by atoms with E-state index in [0.717, 1.165) is 16.8 Å². The summed E-state index contributed by atoms with van der Waals surface area (Å²) in [6.07, 6.45) is 1.52. The molecule has 1 amide bonds. The van der Waals surface area contributed by atoms with Gasteiger partial charge < -0.3 is 11.1 Å². The molecule has 92 valence electrons.